The zero-order valence-electron chi connectivity index (χ0n) is 25.4. The molecule has 1 saturated heterocycles. The van der Waals surface area contributed by atoms with Crippen molar-refractivity contribution >= 4 is 47.5 Å². The second kappa shape index (κ2) is 12.4. The molecule has 1 aliphatic heterocycles. The second-order valence-corrected chi connectivity index (χ2v) is 18.6. The number of aromatic nitrogens is 2. The van der Waals surface area contributed by atoms with E-state index in [0.717, 1.165) is 22.0 Å². The molecule has 1 amide bonds. The number of thiazole rings is 2. The van der Waals surface area contributed by atoms with Gasteiger partial charge in [-0.05, 0) is 33.5 Å². The first-order valence-corrected chi connectivity index (χ1v) is 18.5. The first-order valence-electron chi connectivity index (χ1n) is 14.9. The normalized spacial score (nSPS) is 17.2. The fourth-order valence-corrected chi connectivity index (χ4v) is 13.0. The van der Waals surface area contributed by atoms with E-state index in [2.05, 4.69) is 98.6 Å². The van der Waals surface area contributed by atoms with Gasteiger partial charge in [0.2, 0.25) is 0 Å². The van der Waals surface area contributed by atoms with E-state index < -0.39 is 14.4 Å². The Hall–Kier alpha value is -3.63. The van der Waals surface area contributed by atoms with Crippen molar-refractivity contribution in [3.63, 3.8) is 0 Å². The van der Waals surface area contributed by atoms with Crippen LogP contribution in [0.5, 0.6) is 0 Å². The molecular weight excluding hydrogens is 603 g/mol. The molecule has 2 atom stereocenters. The molecule has 1 aliphatic rings. The standard InChI is InChI=1S/C35H37N3O3S2Si/c1-24-32(42-23-37-24)26-17-15-25(16-18-26)19-28-21-36-33(43-28)31-20-27(22-38(31)34(39)40)41-44(35(2,3)4,29-11-7-5-8-12-29)30-13-9-6-10-14-30/h5-18,21,23,27,31H,19-20,22H2,1-4H3,(H,39,40)/t27-,31+/m1/s1. The van der Waals surface area contributed by atoms with Crippen molar-refractivity contribution in [1.82, 2.24) is 14.9 Å². The third-order valence-electron chi connectivity index (χ3n) is 8.47. The molecule has 0 bridgehead atoms. The Balaban J connectivity index is 1.25. The van der Waals surface area contributed by atoms with E-state index >= 15 is 0 Å². The second-order valence-electron chi connectivity index (χ2n) is 12.4. The lowest BCUT2D eigenvalue weighted by Crippen LogP contribution is -2.67. The highest BCUT2D eigenvalue weighted by atomic mass is 32.1. The number of likely N-dealkylation sites (tertiary alicyclic amines) is 1. The number of hydrogen-bond acceptors (Lipinski definition) is 6. The summed E-state index contributed by atoms with van der Waals surface area (Å²) in [6, 6.07) is 29.3. The molecule has 6 nitrogen and oxygen atoms in total. The molecule has 0 spiro atoms. The fraction of sp³-hybridized carbons (Fsp3) is 0.286. The average molecular weight is 640 g/mol. The molecule has 3 aromatic carbocycles. The molecule has 2 aromatic heterocycles. The average Bonchev–Trinajstić information content (AvgIpc) is 3.77. The van der Waals surface area contributed by atoms with Crippen LogP contribution in [0.2, 0.25) is 5.04 Å². The summed E-state index contributed by atoms with van der Waals surface area (Å²) in [5.41, 5.74) is 5.30. The monoisotopic (exact) mass is 639 g/mol. The van der Waals surface area contributed by atoms with Crippen LogP contribution >= 0.6 is 22.7 Å². The van der Waals surface area contributed by atoms with Crippen LogP contribution < -0.4 is 10.4 Å². The summed E-state index contributed by atoms with van der Waals surface area (Å²) >= 11 is 3.26. The van der Waals surface area contributed by atoms with Crippen LogP contribution in [0, 0.1) is 6.92 Å². The molecule has 0 saturated carbocycles. The minimum Gasteiger partial charge on any atom is -0.465 e. The van der Waals surface area contributed by atoms with E-state index in [1.807, 2.05) is 30.8 Å². The van der Waals surface area contributed by atoms with Crippen molar-refractivity contribution in [3.05, 3.63) is 118 Å². The van der Waals surface area contributed by atoms with Gasteiger partial charge >= 0.3 is 6.09 Å². The van der Waals surface area contributed by atoms with Gasteiger partial charge in [-0.15, -0.1) is 22.7 Å². The largest absolute Gasteiger partial charge is 0.465 e. The van der Waals surface area contributed by atoms with Crippen molar-refractivity contribution in [2.45, 2.75) is 57.7 Å². The van der Waals surface area contributed by atoms with E-state index in [1.54, 1.807) is 22.7 Å². The van der Waals surface area contributed by atoms with E-state index in [4.69, 9.17) is 9.41 Å². The molecular formula is C35H37N3O3S2Si. The molecule has 226 valence electrons. The maximum absolute atomic E-state index is 12.5. The first-order chi connectivity index (χ1) is 21.2. The lowest BCUT2D eigenvalue weighted by Gasteiger charge is -2.44. The molecule has 0 radical (unpaired) electrons. The van der Waals surface area contributed by atoms with Gasteiger partial charge in [-0.3, -0.25) is 4.90 Å². The Morgan fingerprint density at radius 2 is 1.61 bits per heavy atom. The number of amides is 1. The molecule has 6 rings (SSSR count). The number of aryl methyl sites for hydroxylation is 1. The topological polar surface area (TPSA) is 75.6 Å². The molecule has 44 heavy (non-hydrogen) atoms. The molecule has 0 aliphatic carbocycles. The summed E-state index contributed by atoms with van der Waals surface area (Å²) in [6.45, 7) is 9.10. The molecule has 1 N–H and O–H groups in total. The van der Waals surface area contributed by atoms with Gasteiger partial charge < -0.3 is 9.53 Å². The predicted molar refractivity (Wildman–Crippen MR) is 182 cm³/mol. The summed E-state index contributed by atoms with van der Waals surface area (Å²) < 4.78 is 7.33. The summed E-state index contributed by atoms with van der Waals surface area (Å²) in [6.07, 6.45) is 2.04. The van der Waals surface area contributed by atoms with Crippen molar-refractivity contribution in [2.24, 2.45) is 0 Å². The Bertz CT molecular complexity index is 1680. The van der Waals surface area contributed by atoms with Crippen LogP contribution in [0.25, 0.3) is 10.4 Å². The van der Waals surface area contributed by atoms with Gasteiger partial charge in [-0.2, -0.15) is 0 Å². The first kappa shape index (κ1) is 30.4. The van der Waals surface area contributed by atoms with Crippen molar-refractivity contribution in [1.29, 1.82) is 0 Å². The van der Waals surface area contributed by atoms with Gasteiger partial charge in [-0.25, -0.2) is 14.8 Å². The summed E-state index contributed by atoms with van der Waals surface area (Å²) in [4.78, 5) is 25.5. The van der Waals surface area contributed by atoms with Crippen LogP contribution in [-0.2, 0) is 10.8 Å². The van der Waals surface area contributed by atoms with Gasteiger partial charge in [0, 0.05) is 30.5 Å². The number of benzene rings is 3. The molecule has 1 fully saturated rings. The summed E-state index contributed by atoms with van der Waals surface area (Å²) in [5, 5.41) is 13.3. The van der Waals surface area contributed by atoms with Gasteiger partial charge in [0.05, 0.1) is 28.2 Å². The number of nitrogens with zero attached hydrogens (tertiary/aromatic N) is 3. The van der Waals surface area contributed by atoms with Gasteiger partial charge in [0.15, 0.2) is 0 Å². The van der Waals surface area contributed by atoms with E-state index in [0.29, 0.717) is 13.0 Å². The summed E-state index contributed by atoms with van der Waals surface area (Å²) in [5.74, 6) is 0. The molecule has 9 heteroatoms. The summed E-state index contributed by atoms with van der Waals surface area (Å²) in [7, 11) is -2.82. The van der Waals surface area contributed by atoms with E-state index in [-0.39, 0.29) is 17.2 Å². The Labute approximate surface area is 268 Å². The Kier molecular flexibility index (Phi) is 8.56. The maximum atomic E-state index is 12.5. The Morgan fingerprint density at radius 1 is 0.977 bits per heavy atom. The number of hydrogen-bond donors (Lipinski definition) is 1. The zero-order chi connectivity index (χ0) is 30.9. The van der Waals surface area contributed by atoms with Gasteiger partial charge in [0.25, 0.3) is 8.32 Å². The SMILES string of the molecule is Cc1ncsc1-c1ccc(Cc2cnc([C@@H]3C[C@@H](O[Si](c4ccccc4)(c4ccccc4)C(C)(C)C)CN3C(=O)O)s2)cc1. The fourth-order valence-electron chi connectivity index (χ4n) is 6.38. The van der Waals surface area contributed by atoms with Crippen molar-refractivity contribution in [2.75, 3.05) is 6.54 Å². The third kappa shape index (κ3) is 5.89. The van der Waals surface area contributed by atoms with E-state index in [9.17, 15) is 9.90 Å². The lowest BCUT2D eigenvalue weighted by molar-refractivity contribution is 0.133. The van der Waals surface area contributed by atoms with E-state index in [1.165, 1.54) is 31.3 Å². The van der Waals surface area contributed by atoms with Crippen LogP contribution in [0.3, 0.4) is 0 Å². The highest BCUT2D eigenvalue weighted by Crippen LogP contribution is 2.42. The molecule has 3 heterocycles. The molecule has 0 unspecified atom stereocenters. The van der Waals surface area contributed by atoms with Gasteiger partial charge in [-0.1, -0.05) is 106 Å². The molecule has 5 aromatic rings. The van der Waals surface area contributed by atoms with Crippen LogP contribution in [0.15, 0.2) is 96.6 Å². The minimum atomic E-state index is -2.82. The van der Waals surface area contributed by atoms with Crippen molar-refractivity contribution < 1.29 is 14.3 Å². The zero-order valence-corrected chi connectivity index (χ0v) is 28.1. The van der Waals surface area contributed by atoms with Crippen molar-refractivity contribution in [3.8, 4) is 10.4 Å². The van der Waals surface area contributed by atoms with Crippen LogP contribution in [0.1, 0.15) is 54.4 Å². The quantitative estimate of drug-likeness (QED) is 0.178. The highest BCUT2D eigenvalue weighted by Gasteiger charge is 2.53. The smallest absolute Gasteiger partial charge is 0.407 e. The minimum absolute atomic E-state index is 0.190. The maximum Gasteiger partial charge on any atom is 0.407 e. The lowest BCUT2D eigenvalue weighted by atomic mass is 10.1. The third-order valence-corrected chi connectivity index (χ3v) is 15.6. The van der Waals surface area contributed by atoms with Crippen LogP contribution in [-0.4, -0.2) is 47.0 Å². The highest BCUT2D eigenvalue weighted by molar-refractivity contribution is 7.13. The number of carboxylic acid groups (broad SMARTS) is 1. The van der Waals surface area contributed by atoms with Crippen LogP contribution in [0.4, 0.5) is 4.79 Å². The number of carbonyl (C=O) groups is 1. The Morgan fingerprint density at radius 3 is 2.16 bits per heavy atom. The van der Waals surface area contributed by atoms with Gasteiger partial charge in [0.1, 0.15) is 5.01 Å². The number of rotatable bonds is 8. The predicted octanol–water partition coefficient (Wildman–Crippen LogP) is 7.54.